The third-order valence-electron chi connectivity index (χ3n) is 3.84. The molecule has 1 fully saturated rings. The van der Waals surface area contributed by atoms with E-state index >= 15 is 0 Å². The lowest BCUT2D eigenvalue weighted by molar-refractivity contribution is 0.294. The lowest BCUT2D eigenvalue weighted by atomic mass is 9.84. The summed E-state index contributed by atoms with van der Waals surface area (Å²) in [5.74, 6) is 0. The average molecular weight is 282 g/mol. The number of aryl methyl sites for hydroxylation is 1. The molecular weight excluding hydrogens is 260 g/mol. The molecule has 2 rings (SSSR count). The zero-order valence-electron chi connectivity index (χ0n) is 11.6. The summed E-state index contributed by atoms with van der Waals surface area (Å²) in [6.45, 7) is 3.78. The van der Waals surface area contributed by atoms with Crippen LogP contribution in [0.5, 0.6) is 0 Å². The molecule has 1 aromatic rings. The van der Waals surface area contributed by atoms with Gasteiger partial charge in [0.15, 0.2) is 0 Å². The van der Waals surface area contributed by atoms with Gasteiger partial charge in [0.1, 0.15) is 0 Å². The maximum Gasteiger partial charge on any atom is 0.241 e. The first-order valence-corrected chi connectivity index (χ1v) is 8.21. The number of nitrogens with two attached hydrogens (primary N) is 1. The second kappa shape index (κ2) is 5.13. The van der Waals surface area contributed by atoms with Crippen LogP contribution in [0.1, 0.15) is 44.6 Å². The van der Waals surface area contributed by atoms with Crippen LogP contribution in [0.3, 0.4) is 0 Å². The van der Waals surface area contributed by atoms with Crippen molar-refractivity contribution >= 4 is 15.7 Å². The molecule has 1 aliphatic carbocycles. The summed E-state index contributed by atoms with van der Waals surface area (Å²) >= 11 is 0. The average Bonchev–Trinajstić information content (AvgIpc) is 2.31. The number of hydrogen-bond acceptors (Lipinski definition) is 3. The Labute approximate surface area is 115 Å². The van der Waals surface area contributed by atoms with Crippen molar-refractivity contribution in [3.8, 4) is 0 Å². The van der Waals surface area contributed by atoms with Gasteiger partial charge in [-0.15, -0.1) is 0 Å². The highest BCUT2D eigenvalue weighted by Gasteiger charge is 2.32. The first-order chi connectivity index (χ1) is 8.82. The number of hydrogen-bond donors (Lipinski definition) is 2. The third kappa shape index (κ3) is 3.28. The van der Waals surface area contributed by atoms with E-state index in [0.29, 0.717) is 10.6 Å². The van der Waals surface area contributed by atoms with E-state index in [4.69, 9.17) is 5.73 Å². The predicted molar refractivity (Wildman–Crippen MR) is 77.4 cm³/mol. The molecule has 0 heterocycles. The fraction of sp³-hybridized carbons (Fsp3) is 0.571. The van der Waals surface area contributed by atoms with E-state index in [9.17, 15) is 8.42 Å². The molecule has 0 amide bonds. The molecule has 0 atom stereocenters. The molecule has 0 aliphatic heterocycles. The Balaban J connectivity index is 2.29. The minimum absolute atomic E-state index is 0.291. The number of anilines is 1. The number of nitrogen functional groups attached to an aromatic ring is 1. The van der Waals surface area contributed by atoms with Crippen LogP contribution in [0.15, 0.2) is 23.1 Å². The Kier molecular flexibility index (Phi) is 3.87. The van der Waals surface area contributed by atoms with E-state index in [1.807, 2.05) is 6.92 Å². The molecular formula is C14H22N2O2S. The SMILES string of the molecule is Cc1ccc(N)cc1S(=O)(=O)NC1(C)CCCCC1. The summed E-state index contributed by atoms with van der Waals surface area (Å²) < 4.78 is 27.9. The summed E-state index contributed by atoms with van der Waals surface area (Å²) in [5, 5.41) is 0. The number of rotatable bonds is 3. The van der Waals surface area contributed by atoms with Gasteiger partial charge in [-0.2, -0.15) is 0 Å². The fourth-order valence-corrected chi connectivity index (χ4v) is 4.47. The van der Waals surface area contributed by atoms with Gasteiger partial charge in [-0.1, -0.05) is 25.3 Å². The molecule has 0 saturated heterocycles. The van der Waals surface area contributed by atoms with Crippen LogP contribution in [-0.4, -0.2) is 14.0 Å². The summed E-state index contributed by atoms with van der Waals surface area (Å²) in [7, 11) is -3.50. The lowest BCUT2D eigenvalue weighted by Gasteiger charge is -2.34. The summed E-state index contributed by atoms with van der Waals surface area (Å²) in [6, 6.07) is 4.99. The number of benzene rings is 1. The van der Waals surface area contributed by atoms with Gasteiger partial charge in [-0.05, 0) is 44.4 Å². The summed E-state index contributed by atoms with van der Waals surface area (Å²) in [5.41, 5.74) is 6.57. The Morgan fingerprint density at radius 3 is 2.47 bits per heavy atom. The molecule has 4 nitrogen and oxygen atoms in total. The van der Waals surface area contributed by atoms with Crippen molar-refractivity contribution in [2.24, 2.45) is 0 Å². The highest BCUT2D eigenvalue weighted by Crippen LogP contribution is 2.30. The Morgan fingerprint density at radius 1 is 1.21 bits per heavy atom. The zero-order valence-corrected chi connectivity index (χ0v) is 12.4. The largest absolute Gasteiger partial charge is 0.399 e. The summed E-state index contributed by atoms with van der Waals surface area (Å²) in [4.78, 5) is 0.291. The van der Waals surface area contributed by atoms with Crippen molar-refractivity contribution in [2.75, 3.05) is 5.73 Å². The molecule has 106 valence electrons. The van der Waals surface area contributed by atoms with Crippen molar-refractivity contribution < 1.29 is 8.42 Å². The Morgan fingerprint density at radius 2 is 1.84 bits per heavy atom. The van der Waals surface area contributed by atoms with Crippen LogP contribution in [0, 0.1) is 6.92 Å². The van der Waals surface area contributed by atoms with Gasteiger partial charge in [0.05, 0.1) is 4.90 Å². The van der Waals surface area contributed by atoms with E-state index in [-0.39, 0.29) is 5.54 Å². The number of nitrogens with one attached hydrogen (secondary N) is 1. The van der Waals surface area contributed by atoms with Gasteiger partial charge < -0.3 is 5.73 Å². The normalized spacial score (nSPS) is 19.3. The fourth-order valence-electron chi connectivity index (χ4n) is 2.72. The van der Waals surface area contributed by atoms with Crippen LogP contribution in [0.4, 0.5) is 5.69 Å². The van der Waals surface area contributed by atoms with Gasteiger partial charge in [-0.25, -0.2) is 13.1 Å². The second-order valence-corrected chi connectivity index (χ2v) is 7.40. The van der Waals surface area contributed by atoms with Crippen LogP contribution in [0.2, 0.25) is 0 Å². The van der Waals surface area contributed by atoms with Gasteiger partial charge in [0.2, 0.25) is 10.0 Å². The standard InChI is InChI=1S/C14H22N2O2S/c1-11-6-7-12(15)10-13(11)19(17,18)16-14(2)8-4-3-5-9-14/h6-7,10,16H,3-5,8-9,15H2,1-2H3. The van der Waals surface area contributed by atoms with Crippen LogP contribution in [-0.2, 0) is 10.0 Å². The predicted octanol–water partition coefficient (Wildman–Crippen LogP) is 2.58. The van der Waals surface area contributed by atoms with Crippen molar-refractivity contribution in [3.63, 3.8) is 0 Å². The molecule has 5 heteroatoms. The van der Waals surface area contributed by atoms with E-state index in [0.717, 1.165) is 31.2 Å². The molecule has 19 heavy (non-hydrogen) atoms. The third-order valence-corrected chi connectivity index (χ3v) is 5.62. The zero-order chi connectivity index (χ0) is 14.1. The maximum atomic E-state index is 12.5. The van der Waals surface area contributed by atoms with Crippen molar-refractivity contribution in [3.05, 3.63) is 23.8 Å². The Hall–Kier alpha value is -1.07. The van der Waals surface area contributed by atoms with Crippen LogP contribution < -0.4 is 10.5 Å². The topological polar surface area (TPSA) is 72.2 Å². The van der Waals surface area contributed by atoms with E-state index in [1.165, 1.54) is 12.5 Å². The molecule has 0 spiro atoms. The highest BCUT2D eigenvalue weighted by atomic mass is 32.2. The highest BCUT2D eigenvalue weighted by molar-refractivity contribution is 7.89. The first-order valence-electron chi connectivity index (χ1n) is 6.73. The van der Waals surface area contributed by atoms with E-state index in [2.05, 4.69) is 4.72 Å². The van der Waals surface area contributed by atoms with Gasteiger partial charge >= 0.3 is 0 Å². The molecule has 1 aromatic carbocycles. The second-order valence-electron chi connectivity index (χ2n) is 5.75. The first kappa shape index (κ1) is 14.3. The quantitative estimate of drug-likeness (QED) is 0.837. The monoisotopic (exact) mass is 282 g/mol. The Bertz CT molecular complexity index is 561. The molecule has 0 aromatic heterocycles. The lowest BCUT2D eigenvalue weighted by Crippen LogP contribution is -2.47. The molecule has 3 N–H and O–H groups in total. The van der Waals surface area contributed by atoms with Gasteiger partial charge in [0, 0.05) is 11.2 Å². The molecule has 1 aliphatic rings. The van der Waals surface area contributed by atoms with E-state index in [1.54, 1.807) is 19.1 Å². The maximum absolute atomic E-state index is 12.5. The molecule has 0 bridgehead atoms. The van der Waals surface area contributed by atoms with Crippen molar-refractivity contribution in [1.82, 2.24) is 4.72 Å². The van der Waals surface area contributed by atoms with Crippen LogP contribution in [0.25, 0.3) is 0 Å². The van der Waals surface area contributed by atoms with Crippen LogP contribution >= 0.6 is 0 Å². The molecule has 1 saturated carbocycles. The summed E-state index contributed by atoms with van der Waals surface area (Å²) in [6.07, 6.45) is 5.14. The minimum Gasteiger partial charge on any atom is -0.399 e. The van der Waals surface area contributed by atoms with Gasteiger partial charge in [0.25, 0.3) is 0 Å². The van der Waals surface area contributed by atoms with Crippen molar-refractivity contribution in [2.45, 2.75) is 56.4 Å². The van der Waals surface area contributed by atoms with E-state index < -0.39 is 10.0 Å². The minimum atomic E-state index is -3.50. The van der Waals surface area contributed by atoms with Crippen molar-refractivity contribution in [1.29, 1.82) is 0 Å². The molecule has 0 unspecified atom stereocenters. The smallest absolute Gasteiger partial charge is 0.241 e. The molecule has 0 radical (unpaired) electrons. The number of sulfonamides is 1. The van der Waals surface area contributed by atoms with Gasteiger partial charge in [-0.3, -0.25) is 0 Å².